The fourth-order valence-corrected chi connectivity index (χ4v) is 1.51. The maximum absolute atomic E-state index is 8.95. The Hall–Kier alpha value is -0.300. The highest BCUT2D eigenvalue weighted by molar-refractivity contribution is 4.97. The van der Waals surface area contributed by atoms with E-state index in [4.69, 9.17) is 5.11 Å². The Labute approximate surface area is 56.4 Å². The van der Waals surface area contributed by atoms with Crippen LogP contribution < -0.4 is 0 Å². The van der Waals surface area contributed by atoms with E-state index in [-0.39, 0.29) is 12.0 Å². The van der Waals surface area contributed by atoms with Gasteiger partial charge in [-0.2, -0.15) is 0 Å². The third-order valence-corrected chi connectivity index (χ3v) is 2.35. The van der Waals surface area contributed by atoms with Crippen molar-refractivity contribution in [3.05, 3.63) is 12.7 Å². The van der Waals surface area contributed by atoms with E-state index < -0.39 is 0 Å². The molecule has 1 nitrogen and oxygen atoms in total. The summed E-state index contributed by atoms with van der Waals surface area (Å²) in [6.45, 7) is 4.01. The van der Waals surface area contributed by atoms with Gasteiger partial charge >= 0.3 is 0 Å². The molecule has 1 saturated carbocycles. The maximum atomic E-state index is 8.95. The lowest BCUT2D eigenvalue weighted by Crippen LogP contribution is -2.17. The van der Waals surface area contributed by atoms with Gasteiger partial charge < -0.3 is 5.11 Å². The van der Waals surface area contributed by atoms with Crippen molar-refractivity contribution in [3.63, 3.8) is 0 Å². The zero-order valence-electron chi connectivity index (χ0n) is 5.77. The van der Waals surface area contributed by atoms with Crippen molar-refractivity contribution >= 4 is 0 Å². The van der Waals surface area contributed by atoms with Crippen molar-refractivity contribution in [3.8, 4) is 0 Å². The molecule has 1 N–H and O–H groups in total. The van der Waals surface area contributed by atoms with Gasteiger partial charge in [0.05, 0.1) is 6.61 Å². The smallest absolute Gasteiger partial charge is 0.0521 e. The normalized spacial score (nSPS) is 24.1. The molecule has 1 aliphatic rings. The zero-order valence-corrected chi connectivity index (χ0v) is 5.77. The minimum atomic E-state index is 0.0972. The topological polar surface area (TPSA) is 20.2 Å². The Morgan fingerprint density at radius 1 is 1.44 bits per heavy atom. The molecule has 0 saturated heterocycles. The molecule has 52 valence electrons. The van der Waals surface area contributed by atoms with Gasteiger partial charge in [0.1, 0.15) is 0 Å². The van der Waals surface area contributed by atoms with Crippen LogP contribution in [-0.2, 0) is 0 Å². The van der Waals surface area contributed by atoms with Crippen LogP contribution in [0.3, 0.4) is 0 Å². The van der Waals surface area contributed by atoms with E-state index >= 15 is 0 Å². The summed E-state index contributed by atoms with van der Waals surface area (Å²) in [7, 11) is 0. The third kappa shape index (κ3) is 1.16. The summed E-state index contributed by atoms with van der Waals surface area (Å²) >= 11 is 0. The molecule has 0 spiro atoms. The lowest BCUT2D eigenvalue weighted by molar-refractivity contribution is 0.174. The maximum Gasteiger partial charge on any atom is 0.0521 e. The lowest BCUT2D eigenvalue weighted by Gasteiger charge is -2.20. The molecule has 0 amide bonds. The molecule has 0 atom stereocenters. The van der Waals surface area contributed by atoms with Crippen LogP contribution in [0.4, 0.5) is 0 Å². The molecule has 0 aliphatic heterocycles. The van der Waals surface area contributed by atoms with Gasteiger partial charge in [-0.1, -0.05) is 18.9 Å². The number of hydrogen-bond acceptors (Lipinski definition) is 1. The summed E-state index contributed by atoms with van der Waals surface area (Å²) in [5.74, 6) is 0. The van der Waals surface area contributed by atoms with Crippen LogP contribution >= 0.6 is 0 Å². The van der Waals surface area contributed by atoms with Crippen LogP contribution in [0.15, 0.2) is 12.7 Å². The van der Waals surface area contributed by atoms with Gasteiger partial charge in [-0.3, -0.25) is 0 Å². The van der Waals surface area contributed by atoms with E-state index in [0.717, 1.165) is 12.8 Å². The van der Waals surface area contributed by atoms with Crippen LogP contribution in [-0.4, -0.2) is 11.7 Å². The molecule has 9 heavy (non-hydrogen) atoms. The molecule has 1 aliphatic carbocycles. The molecule has 0 radical (unpaired) electrons. The number of rotatable bonds is 2. The summed E-state index contributed by atoms with van der Waals surface area (Å²) < 4.78 is 0. The van der Waals surface area contributed by atoms with E-state index in [9.17, 15) is 0 Å². The Balaban J connectivity index is 2.55. The first-order chi connectivity index (χ1) is 4.33. The quantitative estimate of drug-likeness (QED) is 0.558. The number of aliphatic hydroxyl groups is 1. The summed E-state index contributed by atoms with van der Waals surface area (Å²) in [6, 6.07) is 0. The summed E-state index contributed by atoms with van der Waals surface area (Å²) in [6.07, 6.45) is 6.69. The van der Waals surface area contributed by atoms with Gasteiger partial charge in [0.2, 0.25) is 0 Å². The van der Waals surface area contributed by atoms with E-state index in [1.165, 1.54) is 12.8 Å². The van der Waals surface area contributed by atoms with Gasteiger partial charge in [0, 0.05) is 5.41 Å². The van der Waals surface area contributed by atoms with Crippen LogP contribution in [0.1, 0.15) is 25.7 Å². The van der Waals surface area contributed by atoms with Gasteiger partial charge in [-0.25, -0.2) is 0 Å². The summed E-state index contributed by atoms with van der Waals surface area (Å²) in [5, 5.41) is 8.95. The molecular weight excluding hydrogens is 112 g/mol. The molecule has 0 unspecified atom stereocenters. The van der Waals surface area contributed by atoms with E-state index in [1.807, 2.05) is 6.08 Å². The number of hydrogen-bond donors (Lipinski definition) is 1. The van der Waals surface area contributed by atoms with Gasteiger partial charge in [-0.15, -0.1) is 6.58 Å². The molecule has 0 bridgehead atoms. The average Bonchev–Trinajstić information content (AvgIpc) is 2.36. The van der Waals surface area contributed by atoms with Crippen LogP contribution in [0, 0.1) is 5.41 Å². The van der Waals surface area contributed by atoms with Gasteiger partial charge in [-0.05, 0) is 12.8 Å². The second kappa shape index (κ2) is 2.53. The second-order valence-corrected chi connectivity index (χ2v) is 2.93. The SMILES string of the molecule is C=CC1(CO)CCCC1. The highest BCUT2D eigenvalue weighted by Gasteiger charge is 2.29. The molecule has 0 aromatic rings. The van der Waals surface area contributed by atoms with Crippen molar-refractivity contribution < 1.29 is 5.11 Å². The summed E-state index contributed by atoms with van der Waals surface area (Å²) in [5.41, 5.74) is 0.0972. The number of aliphatic hydroxyl groups excluding tert-OH is 1. The van der Waals surface area contributed by atoms with Crippen molar-refractivity contribution in [2.24, 2.45) is 5.41 Å². The zero-order chi connectivity index (χ0) is 6.74. The fourth-order valence-electron chi connectivity index (χ4n) is 1.51. The first kappa shape index (κ1) is 6.81. The molecule has 0 aromatic carbocycles. The molecule has 0 aromatic heterocycles. The van der Waals surface area contributed by atoms with Crippen molar-refractivity contribution in [1.29, 1.82) is 0 Å². The Kier molecular flexibility index (Phi) is 1.91. The molecule has 1 heteroatoms. The minimum Gasteiger partial charge on any atom is -0.395 e. The first-order valence-corrected chi connectivity index (χ1v) is 3.57. The highest BCUT2D eigenvalue weighted by atomic mass is 16.3. The second-order valence-electron chi connectivity index (χ2n) is 2.93. The monoisotopic (exact) mass is 126 g/mol. The molecular formula is C8H14O. The van der Waals surface area contributed by atoms with E-state index in [0.29, 0.717) is 0 Å². The van der Waals surface area contributed by atoms with Crippen LogP contribution in [0.5, 0.6) is 0 Å². The predicted molar refractivity (Wildman–Crippen MR) is 38.2 cm³/mol. The first-order valence-electron chi connectivity index (χ1n) is 3.57. The molecule has 1 rings (SSSR count). The third-order valence-electron chi connectivity index (χ3n) is 2.35. The molecule has 0 heterocycles. The van der Waals surface area contributed by atoms with Crippen LogP contribution in [0.25, 0.3) is 0 Å². The average molecular weight is 126 g/mol. The van der Waals surface area contributed by atoms with Crippen molar-refractivity contribution in [2.45, 2.75) is 25.7 Å². The van der Waals surface area contributed by atoms with Crippen molar-refractivity contribution in [2.75, 3.05) is 6.61 Å². The minimum absolute atomic E-state index is 0.0972. The lowest BCUT2D eigenvalue weighted by atomic mass is 9.88. The predicted octanol–water partition coefficient (Wildman–Crippen LogP) is 1.73. The summed E-state index contributed by atoms with van der Waals surface area (Å²) in [4.78, 5) is 0. The largest absolute Gasteiger partial charge is 0.395 e. The Bertz CT molecular complexity index is 101. The van der Waals surface area contributed by atoms with Crippen molar-refractivity contribution in [1.82, 2.24) is 0 Å². The molecule has 1 fully saturated rings. The van der Waals surface area contributed by atoms with E-state index in [2.05, 4.69) is 6.58 Å². The van der Waals surface area contributed by atoms with E-state index in [1.54, 1.807) is 0 Å². The van der Waals surface area contributed by atoms with Gasteiger partial charge in [0.15, 0.2) is 0 Å². The Morgan fingerprint density at radius 3 is 2.22 bits per heavy atom. The Morgan fingerprint density at radius 2 is 2.00 bits per heavy atom. The fraction of sp³-hybridized carbons (Fsp3) is 0.750. The van der Waals surface area contributed by atoms with Gasteiger partial charge in [0.25, 0.3) is 0 Å². The van der Waals surface area contributed by atoms with Crippen LogP contribution in [0.2, 0.25) is 0 Å². The highest BCUT2D eigenvalue weighted by Crippen LogP contribution is 2.38. The standard InChI is InChI=1S/C8H14O/c1-2-8(7-9)5-3-4-6-8/h2,9H,1,3-7H2.